The largest absolute Gasteiger partial charge is 0.480 e. The number of fused-ring (bicyclic) bond motifs is 1. The van der Waals surface area contributed by atoms with Crippen LogP contribution in [0.1, 0.15) is 36.9 Å². The van der Waals surface area contributed by atoms with Crippen LogP contribution in [0.5, 0.6) is 0 Å². The molecule has 3 heterocycles. The quantitative estimate of drug-likeness (QED) is 0.207. The summed E-state index contributed by atoms with van der Waals surface area (Å²) >= 11 is 0. The van der Waals surface area contributed by atoms with E-state index in [1.165, 1.54) is 36.4 Å². The number of carbonyl (C=O) groups is 1. The average Bonchev–Trinajstić information content (AvgIpc) is 2.88. The normalized spacial score (nSPS) is 14.3. The molecule has 0 amide bonds. The van der Waals surface area contributed by atoms with Gasteiger partial charge in [-0.25, -0.2) is 33.5 Å². The lowest BCUT2D eigenvalue weighted by Gasteiger charge is -2.24. The molecule has 1 aliphatic heterocycles. The Morgan fingerprint density at radius 2 is 2.16 bits per heavy atom. The van der Waals surface area contributed by atoms with Crippen molar-refractivity contribution in [3.63, 3.8) is 0 Å². The summed E-state index contributed by atoms with van der Waals surface area (Å²) in [7, 11) is 0. The van der Waals surface area contributed by atoms with Crippen LogP contribution in [0.25, 0.3) is 0 Å². The molecular formula is C25H34F2N8O2. The number of aliphatic carboxylic acids is 1. The fourth-order valence-corrected chi connectivity index (χ4v) is 4.05. The molecule has 0 fully saturated rings. The minimum absolute atomic E-state index is 0.124. The summed E-state index contributed by atoms with van der Waals surface area (Å²) in [5, 5.41) is 15.8. The van der Waals surface area contributed by atoms with E-state index >= 15 is 0 Å². The van der Waals surface area contributed by atoms with Gasteiger partial charge < -0.3 is 21.5 Å². The fraction of sp³-hybridized carbons (Fsp3) is 0.480. The molecule has 2 aromatic rings. The number of nitrogens with zero attached hydrogens (tertiary/aromatic N) is 5. The number of hydrogen-bond acceptors (Lipinski definition) is 9. The first kappa shape index (κ1) is 27.9. The van der Waals surface area contributed by atoms with E-state index in [4.69, 9.17) is 5.73 Å². The van der Waals surface area contributed by atoms with Crippen molar-refractivity contribution in [1.82, 2.24) is 19.9 Å². The molecule has 37 heavy (non-hydrogen) atoms. The van der Waals surface area contributed by atoms with Gasteiger partial charge in [-0.05, 0) is 69.0 Å². The molecule has 10 nitrogen and oxygen atoms in total. The van der Waals surface area contributed by atoms with Gasteiger partial charge >= 0.3 is 5.97 Å². The Kier molecular flexibility index (Phi) is 11.2. The van der Waals surface area contributed by atoms with Crippen molar-refractivity contribution in [3.05, 3.63) is 48.1 Å². The summed E-state index contributed by atoms with van der Waals surface area (Å²) in [6.07, 6.45) is 7.56. The third kappa shape index (κ3) is 9.71. The van der Waals surface area contributed by atoms with Gasteiger partial charge in [0.05, 0.1) is 6.54 Å². The predicted molar refractivity (Wildman–Crippen MR) is 140 cm³/mol. The molecular weight excluding hydrogens is 482 g/mol. The lowest BCUT2D eigenvalue weighted by atomic mass is 10.1. The van der Waals surface area contributed by atoms with Crippen LogP contribution in [0.2, 0.25) is 0 Å². The number of hydrogen-bond donors (Lipinski definition) is 4. The molecule has 12 heteroatoms. The highest BCUT2D eigenvalue weighted by atomic mass is 19.3. The molecule has 0 saturated carbocycles. The Morgan fingerprint density at radius 1 is 1.30 bits per heavy atom. The van der Waals surface area contributed by atoms with Crippen LogP contribution >= 0.6 is 0 Å². The zero-order chi connectivity index (χ0) is 26.5. The van der Waals surface area contributed by atoms with Gasteiger partial charge in [-0.15, -0.1) is 0 Å². The molecule has 0 spiro atoms. The van der Waals surface area contributed by atoms with Crippen molar-refractivity contribution in [3.8, 4) is 0 Å². The Hall–Kier alpha value is -3.67. The van der Waals surface area contributed by atoms with Crippen LogP contribution in [0.3, 0.4) is 0 Å². The summed E-state index contributed by atoms with van der Waals surface area (Å²) in [6, 6.07) is 4.63. The van der Waals surface area contributed by atoms with E-state index in [1.54, 1.807) is 4.90 Å². The number of allylic oxidation sites excluding steroid dienone is 1. The molecule has 5 N–H and O–H groups in total. The first-order chi connectivity index (χ1) is 17.9. The second-order valence-electron chi connectivity index (χ2n) is 8.74. The number of pyridine rings is 1. The molecule has 1 atom stereocenters. The third-order valence-electron chi connectivity index (χ3n) is 5.92. The maximum atomic E-state index is 13.2. The van der Waals surface area contributed by atoms with E-state index in [2.05, 4.69) is 36.6 Å². The Balaban J connectivity index is 1.50. The molecule has 3 rings (SSSR count). The van der Waals surface area contributed by atoms with Crippen LogP contribution in [0.4, 0.5) is 26.2 Å². The SMILES string of the molecule is NC=CC=Nc1cc(N[C@@H](CCN(CCCCc2ccc3c(n2)NCCC3)CC(F)F)C(=O)O)ncn1. The maximum absolute atomic E-state index is 13.2. The van der Waals surface area contributed by atoms with Gasteiger partial charge in [0.15, 0.2) is 5.82 Å². The number of carboxylic acid groups (broad SMARTS) is 1. The number of unbranched alkanes of at least 4 members (excludes halogenated alkanes) is 1. The topological polar surface area (TPSA) is 142 Å². The number of nitrogens with two attached hydrogens (primary N) is 1. The first-order valence-corrected chi connectivity index (χ1v) is 12.4. The van der Waals surface area contributed by atoms with E-state index in [1.807, 2.05) is 6.07 Å². The molecule has 0 saturated heterocycles. The maximum Gasteiger partial charge on any atom is 0.326 e. The third-order valence-corrected chi connectivity index (χ3v) is 5.92. The van der Waals surface area contributed by atoms with E-state index in [-0.39, 0.29) is 18.8 Å². The van der Waals surface area contributed by atoms with Crippen LogP contribution < -0.4 is 16.4 Å². The van der Waals surface area contributed by atoms with Crippen LogP contribution in [-0.4, -0.2) is 75.8 Å². The highest BCUT2D eigenvalue weighted by Crippen LogP contribution is 2.20. The average molecular weight is 517 g/mol. The van der Waals surface area contributed by atoms with Crippen LogP contribution in [0, 0.1) is 0 Å². The van der Waals surface area contributed by atoms with Crippen molar-refractivity contribution < 1.29 is 18.7 Å². The summed E-state index contributed by atoms with van der Waals surface area (Å²) in [5.74, 6) is 0.450. The van der Waals surface area contributed by atoms with Gasteiger partial charge in [-0.2, -0.15) is 0 Å². The monoisotopic (exact) mass is 516 g/mol. The molecule has 0 bridgehead atoms. The second kappa shape index (κ2) is 14.8. The van der Waals surface area contributed by atoms with Gasteiger partial charge in [0.25, 0.3) is 6.43 Å². The van der Waals surface area contributed by atoms with E-state index in [9.17, 15) is 18.7 Å². The Bertz CT molecular complexity index is 1070. The molecule has 0 aliphatic carbocycles. The number of aryl methyl sites for hydroxylation is 2. The summed E-state index contributed by atoms with van der Waals surface area (Å²) < 4.78 is 26.4. The lowest BCUT2D eigenvalue weighted by Crippen LogP contribution is -2.37. The van der Waals surface area contributed by atoms with Crippen molar-refractivity contribution >= 4 is 29.6 Å². The highest BCUT2D eigenvalue weighted by Gasteiger charge is 2.21. The van der Waals surface area contributed by atoms with E-state index in [0.717, 1.165) is 43.7 Å². The van der Waals surface area contributed by atoms with Gasteiger partial charge in [0.2, 0.25) is 0 Å². The predicted octanol–water partition coefficient (Wildman–Crippen LogP) is 3.25. The summed E-state index contributed by atoms with van der Waals surface area (Å²) in [5.41, 5.74) is 7.47. The molecule has 200 valence electrons. The molecule has 0 unspecified atom stereocenters. The number of halogens is 2. The minimum atomic E-state index is -2.51. The van der Waals surface area contributed by atoms with E-state index in [0.29, 0.717) is 18.8 Å². The molecule has 1 aliphatic rings. The Morgan fingerprint density at radius 3 is 2.95 bits per heavy atom. The van der Waals surface area contributed by atoms with E-state index < -0.39 is 25.0 Å². The zero-order valence-corrected chi connectivity index (χ0v) is 20.7. The van der Waals surface area contributed by atoms with Crippen LogP contribution in [0.15, 0.2) is 41.8 Å². The fourth-order valence-electron chi connectivity index (χ4n) is 4.05. The van der Waals surface area contributed by atoms with Gasteiger partial charge in [-0.3, -0.25) is 4.90 Å². The van der Waals surface area contributed by atoms with Gasteiger partial charge in [-0.1, -0.05) is 6.07 Å². The van der Waals surface area contributed by atoms with Crippen molar-refractivity contribution in [2.24, 2.45) is 10.7 Å². The number of aromatic nitrogens is 3. The minimum Gasteiger partial charge on any atom is -0.480 e. The number of alkyl halides is 2. The summed E-state index contributed by atoms with van der Waals surface area (Å²) in [6.45, 7) is 1.17. The van der Waals surface area contributed by atoms with Crippen LogP contribution in [-0.2, 0) is 17.6 Å². The van der Waals surface area contributed by atoms with Crippen molar-refractivity contribution in [2.45, 2.75) is 51.0 Å². The number of carboxylic acids is 1. The number of rotatable bonds is 15. The first-order valence-electron chi connectivity index (χ1n) is 12.4. The Labute approximate surface area is 215 Å². The molecule has 0 aromatic carbocycles. The van der Waals surface area contributed by atoms with Gasteiger partial charge in [0, 0.05) is 31.1 Å². The van der Waals surface area contributed by atoms with Gasteiger partial charge in [0.1, 0.15) is 24.0 Å². The number of aliphatic imine (C=N–C) groups is 1. The lowest BCUT2D eigenvalue weighted by molar-refractivity contribution is -0.138. The molecule has 2 aromatic heterocycles. The molecule has 0 radical (unpaired) electrons. The number of anilines is 2. The second-order valence-corrected chi connectivity index (χ2v) is 8.74. The zero-order valence-electron chi connectivity index (χ0n) is 20.7. The number of nitrogens with one attached hydrogen (secondary N) is 2. The standard InChI is InChI=1S/C25H34F2N8O2/c26-21(27)16-35(13-2-1-6-19-8-7-18-5-3-11-30-24(18)33-19)14-9-20(25(36)37)34-23-15-22(31-17-32-23)29-12-4-10-28/h4,7-8,10,12,15,17,20-21H,1-3,5-6,9,11,13-14,16,28H2,(H,30,33)(H,36,37)(H,31,32,34)/t20-/m0/s1. The smallest absolute Gasteiger partial charge is 0.326 e. The summed E-state index contributed by atoms with van der Waals surface area (Å²) in [4.78, 5) is 30.2. The highest BCUT2D eigenvalue weighted by molar-refractivity contribution is 5.77. The van der Waals surface area contributed by atoms with Crippen molar-refractivity contribution in [1.29, 1.82) is 0 Å². The van der Waals surface area contributed by atoms with Crippen molar-refractivity contribution in [2.75, 3.05) is 36.8 Å².